The molecule has 110 valence electrons. The first-order valence-corrected chi connectivity index (χ1v) is 7.15. The lowest BCUT2D eigenvalue weighted by molar-refractivity contribution is -0.139. The highest BCUT2D eigenvalue weighted by Gasteiger charge is 2.46. The van der Waals surface area contributed by atoms with Crippen molar-refractivity contribution in [2.45, 2.75) is 30.0 Å². The molecule has 0 bridgehead atoms. The van der Waals surface area contributed by atoms with Gasteiger partial charge in [-0.1, -0.05) is 0 Å². The largest absolute Gasteiger partial charge is 0.497 e. The van der Waals surface area contributed by atoms with Gasteiger partial charge in [0, 0.05) is 10.3 Å². The minimum atomic E-state index is -0.841. The number of aliphatic carboxylic acids is 1. The molecule has 6 heteroatoms. The van der Waals surface area contributed by atoms with Crippen LogP contribution in [0.3, 0.4) is 0 Å². The Morgan fingerprint density at radius 1 is 1.35 bits per heavy atom. The third kappa shape index (κ3) is 2.71. The molecular formula is C14H19NO4S. The fourth-order valence-electron chi connectivity index (χ4n) is 2.32. The fourth-order valence-corrected chi connectivity index (χ4v) is 3.75. The summed E-state index contributed by atoms with van der Waals surface area (Å²) in [5.41, 5.74) is 0.897. The van der Waals surface area contributed by atoms with Gasteiger partial charge in [0.2, 0.25) is 0 Å². The van der Waals surface area contributed by atoms with E-state index in [1.54, 1.807) is 26.0 Å². The van der Waals surface area contributed by atoms with Crippen LogP contribution in [0.1, 0.15) is 24.8 Å². The molecule has 2 atom stereocenters. The number of hydrogen-bond acceptors (Lipinski definition) is 5. The Labute approximate surface area is 122 Å². The molecule has 2 N–H and O–H groups in total. The van der Waals surface area contributed by atoms with Gasteiger partial charge >= 0.3 is 5.97 Å². The van der Waals surface area contributed by atoms with Crippen LogP contribution in [0.2, 0.25) is 0 Å². The van der Waals surface area contributed by atoms with E-state index in [0.717, 1.165) is 17.1 Å². The highest BCUT2D eigenvalue weighted by atomic mass is 32.2. The van der Waals surface area contributed by atoms with Crippen LogP contribution in [0.5, 0.6) is 11.5 Å². The zero-order valence-electron chi connectivity index (χ0n) is 12.0. The lowest BCUT2D eigenvalue weighted by atomic mass is 10.0. The van der Waals surface area contributed by atoms with Crippen LogP contribution in [0.25, 0.3) is 0 Å². The number of thioether (sulfide) groups is 1. The summed E-state index contributed by atoms with van der Waals surface area (Å²) in [5, 5.41) is 12.3. The second-order valence-corrected chi connectivity index (χ2v) is 6.91. The van der Waals surface area contributed by atoms with E-state index in [9.17, 15) is 9.90 Å². The molecule has 20 heavy (non-hydrogen) atoms. The molecule has 1 aliphatic rings. The van der Waals surface area contributed by atoms with E-state index in [2.05, 4.69) is 5.32 Å². The zero-order chi connectivity index (χ0) is 14.9. The van der Waals surface area contributed by atoms with Crippen LogP contribution in [-0.2, 0) is 4.79 Å². The van der Waals surface area contributed by atoms with Crippen LogP contribution in [-0.4, -0.2) is 36.1 Å². The van der Waals surface area contributed by atoms with Gasteiger partial charge in [-0.3, -0.25) is 10.1 Å². The van der Waals surface area contributed by atoms with Gasteiger partial charge in [-0.25, -0.2) is 0 Å². The number of carboxylic acid groups (broad SMARTS) is 1. The second-order valence-electron chi connectivity index (χ2n) is 5.15. The second kappa shape index (κ2) is 5.54. The van der Waals surface area contributed by atoms with Crippen molar-refractivity contribution in [1.29, 1.82) is 0 Å². The average molecular weight is 297 g/mol. The number of ether oxygens (including phenoxy) is 2. The van der Waals surface area contributed by atoms with E-state index in [1.807, 2.05) is 32.0 Å². The summed E-state index contributed by atoms with van der Waals surface area (Å²) in [7, 11) is 3.20. The number of rotatable bonds is 4. The summed E-state index contributed by atoms with van der Waals surface area (Å²) in [6.07, 6.45) is 0. The molecule has 0 radical (unpaired) electrons. The molecule has 1 heterocycles. The van der Waals surface area contributed by atoms with Crippen molar-refractivity contribution < 1.29 is 19.4 Å². The van der Waals surface area contributed by atoms with Gasteiger partial charge in [-0.05, 0) is 32.0 Å². The lowest BCUT2D eigenvalue weighted by Crippen LogP contribution is -2.43. The molecule has 0 amide bonds. The van der Waals surface area contributed by atoms with E-state index in [-0.39, 0.29) is 5.37 Å². The van der Waals surface area contributed by atoms with Gasteiger partial charge in [0.15, 0.2) is 0 Å². The summed E-state index contributed by atoms with van der Waals surface area (Å²) in [6.45, 7) is 3.85. The number of hydrogen-bond donors (Lipinski definition) is 2. The third-order valence-electron chi connectivity index (χ3n) is 3.40. The molecule has 1 aromatic carbocycles. The van der Waals surface area contributed by atoms with Gasteiger partial charge in [-0.15, -0.1) is 11.8 Å². The van der Waals surface area contributed by atoms with Crippen molar-refractivity contribution in [3.8, 4) is 11.5 Å². The third-order valence-corrected chi connectivity index (χ3v) is 4.87. The maximum atomic E-state index is 11.3. The van der Waals surface area contributed by atoms with Crippen molar-refractivity contribution in [2.75, 3.05) is 14.2 Å². The van der Waals surface area contributed by atoms with Crippen molar-refractivity contribution >= 4 is 17.7 Å². The summed E-state index contributed by atoms with van der Waals surface area (Å²) < 4.78 is 10.2. The van der Waals surface area contributed by atoms with E-state index in [1.165, 1.54) is 0 Å². The van der Waals surface area contributed by atoms with Gasteiger partial charge < -0.3 is 14.6 Å². The first-order valence-electron chi connectivity index (χ1n) is 6.27. The SMILES string of the molecule is COc1ccc(OC)c(C2NC(C(=O)O)C(C)(C)S2)c1. The minimum absolute atomic E-state index is 0.142. The molecule has 1 aliphatic heterocycles. The summed E-state index contributed by atoms with van der Waals surface area (Å²) in [5.74, 6) is 0.601. The molecule has 0 saturated carbocycles. The molecule has 2 rings (SSSR count). The van der Waals surface area contributed by atoms with Gasteiger partial charge in [0.05, 0.1) is 19.6 Å². The molecule has 0 aliphatic carbocycles. The normalized spacial score (nSPS) is 24.4. The highest BCUT2D eigenvalue weighted by Crippen LogP contribution is 2.48. The van der Waals surface area contributed by atoms with E-state index in [0.29, 0.717) is 0 Å². The van der Waals surface area contributed by atoms with Gasteiger partial charge in [-0.2, -0.15) is 0 Å². The van der Waals surface area contributed by atoms with Crippen molar-refractivity contribution in [3.05, 3.63) is 23.8 Å². The van der Waals surface area contributed by atoms with Crippen molar-refractivity contribution in [1.82, 2.24) is 5.32 Å². The standard InChI is InChI=1S/C14H19NO4S/c1-14(2)11(13(16)17)15-12(20-14)9-7-8(18-3)5-6-10(9)19-4/h5-7,11-12,15H,1-4H3,(H,16,17). The van der Waals surface area contributed by atoms with Crippen LogP contribution in [0.15, 0.2) is 18.2 Å². The van der Waals surface area contributed by atoms with Crippen molar-refractivity contribution in [3.63, 3.8) is 0 Å². The Morgan fingerprint density at radius 3 is 2.55 bits per heavy atom. The molecule has 0 aromatic heterocycles. The maximum Gasteiger partial charge on any atom is 0.322 e. The quantitative estimate of drug-likeness (QED) is 0.888. The summed E-state index contributed by atoms with van der Waals surface area (Å²) in [4.78, 5) is 11.3. The van der Waals surface area contributed by atoms with Gasteiger partial charge in [0.1, 0.15) is 17.5 Å². The average Bonchev–Trinajstić information content (AvgIpc) is 2.73. The number of carbonyl (C=O) groups is 1. The lowest BCUT2D eigenvalue weighted by Gasteiger charge is -2.20. The van der Waals surface area contributed by atoms with Crippen molar-refractivity contribution in [2.24, 2.45) is 0 Å². The molecule has 0 spiro atoms. The fraction of sp³-hybridized carbons (Fsp3) is 0.500. The highest BCUT2D eigenvalue weighted by molar-refractivity contribution is 8.01. The van der Waals surface area contributed by atoms with E-state index in [4.69, 9.17) is 9.47 Å². The summed E-state index contributed by atoms with van der Waals surface area (Å²) >= 11 is 1.58. The predicted molar refractivity (Wildman–Crippen MR) is 78.5 cm³/mol. The number of nitrogens with one attached hydrogen (secondary N) is 1. The van der Waals surface area contributed by atoms with Crippen LogP contribution in [0, 0.1) is 0 Å². The minimum Gasteiger partial charge on any atom is -0.497 e. The topological polar surface area (TPSA) is 67.8 Å². The van der Waals surface area contributed by atoms with Crippen LogP contribution in [0.4, 0.5) is 0 Å². The smallest absolute Gasteiger partial charge is 0.322 e. The first kappa shape index (κ1) is 15.0. The molecule has 1 saturated heterocycles. The molecular weight excluding hydrogens is 278 g/mol. The van der Waals surface area contributed by atoms with E-state index < -0.39 is 16.8 Å². The Hall–Kier alpha value is -1.40. The van der Waals surface area contributed by atoms with Gasteiger partial charge in [0.25, 0.3) is 0 Å². The molecule has 5 nitrogen and oxygen atoms in total. The number of carboxylic acids is 1. The molecule has 1 aromatic rings. The predicted octanol–water partition coefficient (Wildman–Crippen LogP) is 2.27. The Bertz CT molecular complexity index is 518. The Kier molecular flexibility index (Phi) is 4.15. The maximum absolute atomic E-state index is 11.3. The Balaban J connectivity index is 2.35. The number of benzene rings is 1. The summed E-state index contributed by atoms with van der Waals surface area (Å²) in [6, 6.07) is 4.93. The zero-order valence-corrected chi connectivity index (χ0v) is 12.8. The number of methoxy groups -OCH3 is 2. The Morgan fingerprint density at radius 2 is 2.05 bits per heavy atom. The molecule has 2 unspecified atom stereocenters. The monoisotopic (exact) mass is 297 g/mol. The molecule has 1 fully saturated rings. The van der Waals surface area contributed by atoms with Crippen LogP contribution < -0.4 is 14.8 Å². The first-order chi connectivity index (χ1) is 9.39. The van der Waals surface area contributed by atoms with E-state index >= 15 is 0 Å². The van der Waals surface area contributed by atoms with Crippen LogP contribution >= 0.6 is 11.8 Å².